The third kappa shape index (κ3) is 13.1. The number of nitrogens with one attached hydrogen (secondary N) is 3. The molecule has 3 N–H and O–H groups in total. The van der Waals surface area contributed by atoms with Gasteiger partial charge in [0.15, 0.2) is 0 Å². The number of ether oxygens (including phenoxy) is 1. The van der Waals surface area contributed by atoms with E-state index in [1.807, 2.05) is 6.07 Å². The summed E-state index contributed by atoms with van der Waals surface area (Å²) in [7, 11) is -4.47. The van der Waals surface area contributed by atoms with Gasteiger partial charge in [0.05, 0.1) is 31.9 Å². The second kappa shape index (κ2) is 17.1. The molecule has 0 aliphatic rings. The monoisotopic (exact) mass is 523 g/mol. The zero-order chi connectivity index (χ0) is 25.1. The standard InChI is InChI=1S/C22H30N3O7PS.2Li/c1-15(2)11-18(20(26)24-19(21(27)28)12-17-9-6-10-34-17)25-33(30,31)14-23-22(29)32-13-16-7-4-3-5-8-16;;/h3-10,15,18-19H,11-14H2,1-2H3,(H,23,29)(H,24,26)(H,27,28)(H2,25,30,31);;/q;2*+1/p-2/t18-,19-;;/m0../s1. The van der Waals surface area contributed by atoms with Crippen molar-refractivity contribution in [2.45, 2.75) is 45.4 Å². The Morgan fingerprint density at radius 3 is 2.28 bits per heavy atom. The van der Waals surface area contributed by atoms with E-state index >= 15 is 0 Å². The topological polar surface area (TPSA) is 160 Å². The van der Waals surface area contributed by atoms with Crippen molar-refractivity contribution in [3.63, 3.8) is 0 Å². The van der Waals surface area contributed by atoms with Crippen LogP contribution in [-0.2, 0) is 31.9 Å². The zero-order valence-corrected chi connectivity index (χ0v) is 22.6. The van der Waals surface area contributed by atoms with Crippen LogP contribution in [0.1, 0.15) is 30.7 Å². The van der Waals surface area contributed by atoms with Crippen molar-refractivity contribution in [3.8, 4) is 0 Å². The molecule has 1 heterocycles. The summed E-state index contributed by atoms with van der Waals surface area (Å²) in [5.74, 6) is -2.34. The minimum Gasteiger partial charge on any atom is -0.787 e. The molecule has 0 radical (unpaired) electrons. The molecule has 0 spiro atoms. The number of carboxylic acid groups (broad SMARTS) is 1. The molecule has 2 rings (SSSR count). The maximum atomic E-state index is 12.8. The summed E-state index contributed by atoms with van der Waals surface area (Å²) in [6.45, 7) is 3.55. The van der Waals surface area contributed by atoms with Gasteiger partial charge < -0.3 is 34.7 Å². The first kappa shape index (κ1) is 34.5. The fraction of sp³-hybridized carbons (Fsp3) is 0.409. The van der Waals surface area contributed by atoms with Gasteiger partial charge in [-0.25, -0.2) is 4.79 Å². The second-order valence-corrected chi connectivity index (χ2v) is 11.0. The summed E-state index contributed by atoms with van der Waals surface area (Å²) in [4.78, 5) is 49.4. The van der Waals surface area contributed by atoms with Gasteiger partial charge in [0.1, 0.15) is 6.61 Å². The van der Waals surface area contributed by atoms with Crippen LogP contribution in [0.3, 0.4) is 0 Å². The van der Waals surface area contributed by atoms with Crippen molar-refractivity contribution in [1.82, 2.24) is 15.7 Å². The molecule has 0 saturated heterocycles. The Morgan fingerprint density at radius 1 is 1.06 bits per heavy atom. The molecule has 3 atom stereocenters. The van der Waals surface area contributed by atoms with Gasteiger partial charge in [-0.3, -0.25) is 9.88 Å². The normalized spacial score (nSPS) is 13.8. The van der Waals surface area contributed by atoms with Gasteiger partial charge in [0.2, 0.25) is 5.91 Å². The van der Waals surface area contributed by atoms with E-state index in [2.05, 4.69) is 15.7 Å². The zero-order valence-electron chi connectivity index (χ0n) is 20.9. The number of carbonyl (C=O) groups excluding carboxylic acids is 3. The Labute approximate surface area is 238 Å². The Balaban J connectivity index is 0.00000612. The number of alkyl carbamates (subject to hydrolysis) is 1. The van der Waals surface area contributed by atoms with Gasteiger partial charge in [0.25, 0.3) is 0 Å². The van der Waals surface area contributed by atoms with Crippen LogP contribution in [0, 0.1) is 5.92 Å². The summed E-state index contributed by atoms with van der Waals surface area (Å²) < 4.78 is 17.5. The molecule has 0 aliphatic carbocycles. The van der Waals surface area contributed by atoms with E-state index in [0.29, 0.717) is 0 Å². The van der Waals surface area contributed by atoms with E-state index in [9.17, 15) is 28.9 Å². The predicted octanol–water partition coefficient (Wildman–Crippen LogP) is -5.03. The van der Waals surface area contributed by atoms with Gasteiger partial charge in [-0.1, -0.05) is 50.2 Å². The maximum absolute atomic E-state index is 12.8. The Hall–Kier alpha value is -1.53. The van der Waals surface area contributed by atoms with Crippen LogP contribution in [-0.4, -0.2) is 36.3 Å². The molecule has 0 bridgehead atoms. The first-order chi connectivity index (χ1) is 16.1. The van der Waals surface area contributed by atoms with E-state index in [1.165, 1.54) is 11.3 Å². The van der Waals surface area contributed by atoms with Crippen molar-refractivity contribution in [2.75, 3.05) is 6.29 Å². The second-order valence-electron chi connectivity index (χ2n) is 8.04. The van der Waals surface area contributed by atoms with Gasteiger partial charge in [-0.05, 0) is 29.3 Å². The summed E-state index contributed by atoms with van der Waals surface area (Å²) >= 11 is 1.33. The van der Waals surface area contributed by atoms with Gasteiger partial charge in [-0.2, -0.15) is 0 Å². The van der Waals surface area contributed by atoms with Crippen molar-refractivity contribution >= 4 is 36.8 Å². The summed E-state index contributed by atoms with van der Waals surface area (Å²) in [6.07, 6.45) is -1.58. The Kier molecular flexibility index (Phi) is 16.3. The van der Waals surface area contributed by atoms with Crippen LogP contribution >= 0.6 is 18.9 Å². The number of hydrogen-bond donors (Lipinski definition) is 3. The van der Waals surface area contributed by atoms with Gasteiger partial charge >= 0.3 is 43.8 Å². The summed E-state index contributed by atoms with van der Waals surface area (Å²) in [5.41, 5.74) is 0.736. The smallest absolute Gasteiger partial charge is 0.787 e. The molecular formula is C22H28Li2N3O7PS. The van der Waals surface area contributed by atoms with E-state index in [1.54, 1.807) is 55.6 Å². The number of carbonyl (C=O) groups is 3. The number of rotatable bonds is 13. The van der Waals surface area contributed by atoms with Crippen LogP contribution in [0.5, 0.6) is 0 Å². The van der Waals surface area contributed by atoms with Crippen molar-refractivity contribution in [2.24, 2.45) is 5.92 Å². The molecule has 14 heteroatoms. The molecule has 2 amide bonds. The van der Waals surface area contributed by atoms with Gasteiger partial charge in [-0.15, -0.1) is 11.3 Å². The molecule has 1 aromatic heterocycles. The Morgan fingerprint density at radius 2 is 1.72 bits per heavy atom. The molecule has 2 aromatic rings. The van der Waals surface area contributed by atoms with Crippen LogP contribution in [0.2, 0.25) is 0 Å². The molecule has 186 valence electrons. The molecule has 0 aliphatic heterocycles. The van der Waals surface area contributed by atoms with E-state index < -0.39 is 43.9 Å². The fourth-order valence-corrected chi connectivity index (χ4v) is 4.89. The average Bonchev–Trinajstić information content (AvgIpc) is 3.29. The minimum absolute atomic E-state index is 0. The maximum Gasteiger partial charge on any atom is 1.00 e. The molecular weight excluding hydrogens is 495 g/mol. The molecule has 0 saturated carbocycles. The van der Waals surface area contributed by atoms with Crippen LogP contribution < -0.4 is 63.4 Å². The van der Waals surface area contributed by atoms with Crippen molar-refractivity contribution < 1.29 is 71.4 Å². The third-order valence-electron chi connectivity index (χ3n) is 4.61. The Bertz CT molecular complexity index is 997. The van der Waals surface area contributed by atoms with E-state index in [0.717, 1.165) is 10.4 Å². The molecule has 36 heavy (non-hydrogen) atoms. The number of amides is 2. The summed E-state index contributed by atoms with van der Waals surface area (Å²) in [5, 5.41) is 20.1. The van der Waals surface area contributed by atoms with Crippen LogP contribution in [0.15, 0.2) is 47.8 Å². The first-order valence-electron chi connectivity index (χ1n) is 10.6. The predicted molar refractivity (Wildman–Crippen MR) is 124 cm³/mol. The number of carboxylic acids is 1. The number of aliphatic carboxylic acids is 1. The SMILES string of the molecule is CC(C)C[C@H](NP(=O)([O-])CNC(=O)OCc1ccccc1)C(=O)N[C@@H](Cc1cccs1)C(=O)[O-].[Li+].[Li+]. The van der Waals surface area contributed by atoms with Crippen LogP contribution in [0.4, 0.5) is 4.79 Å². The van der Waals surface area contributed by atoms with E-state index in [4.69, 9.17) is 4.74 Å². The first-order valence-corrected chi connectivity index (χ1v) is 13.3. The minimum atomic E-state index is -4.47. The molecule has 10 nitrogen and oxygen atoms in total. The van der Waals surface area contributed by atoms with Crippen molar-refractivity contribution in [1.29, 1.82) is 0 Å². The number of thiophene rings is 1. The number of benzene rings is 1. The summed E-state index contributed by atoms with van der Waals surface area (Å²) in [6, 6.07) is 9.80. The number of hydrogen-bond acceptors (Lipinski definition) is 8. The van der Waals surface area contributed by atoms with Crippen molar-refractivity contribution in [3.05, 3.63) is 58.3 Å². The third-order valence-corrected chi connectivity index (χ3v) is 6.79. The quantitative estimate of drug-likeness (QED) is 0.174. The average molecular weight is 523 g/mol. The molecule has 1 aromatic carbocycles. The molecule has 0 fully saturated rings. The van der Waals surface area contributed by atoms with Crippen LogP contribution in [0.25, 0.3) is 0 Å². The van der Waals surface area contributed by atoms with Gasteiger partial charge in [0, 0.05) is 11.3 Å². The fourth-order valence-electron chi connectivity index (χ4n) is 3.01. The van der Waals surface area contributed by atoms with E-state index in [-0.39, 0.29) is 63.1 Å². The molecule has 1 unspecified atom stereocenters. The largest absolute Gasteiger partial charge is 1.00 e.